The van der Waals surface area contributed by atoms with Crippen molar-refractivity contribution in [1.82, 2.24) is 4.98 Å². The van der Waals surface area contributed by atoms with E-state index in [0.29, 0.717) is 4.60 Å². The molecule has 0 aliphatic rings. The molecule has 0 saturated carbocycles. The first-order valence-corrected chi connectivity index (χ1v) is 2.63. The molecular formula is C4HBrN2O. The molecule has 1 heterocycles. The van der Waals surface area contributed by atoms with Crippen LogP contribution in [0.5, 0.6) is 0 Å². The van der Waals surface area contributed by atoms with Crippen LogP contribution >= 0.6 is 15.9 Å². The SMILES string of the molecule is N#Cc1nc(Br)co1. The number of nitriles is 1. The molecule has 1 aromatic heterocycles. The number of aromatic nitrogens is 1. The van der Waals surface area contributed by atoms with Crippen molar-refractivity contribution in [2.75, 3.05) is 0 Å². The van der Waals surface area contributed by atoms with E-state index in [-0.39, 0.29) is 5.89 Å². The van der Waals surface area contributed by atoms with E-state index in [2.05, 4.69) is 25.3 Å². The molecule has 0 atom stereocenters. The molecule has 0 amide bonds. The Morgan fingerprint density at radius 3 is 2.88 bits per heavy atom. The van der Waals surface area contributed by atoms with Gasteiger partial charge in [0.25, 0.3) is 0 Å². The Morgan fingerprint density at radius 2 is 2.62 bits per heavy atom. The van der Waals surface area contributed by atoms with Crippen LogP contribution in [0.4, 0.5) is 0 Å². The Balaban J connectivity index is 3.05. The molecule has 0 aromatic carbocycles. The van der Waals surface area contributed by atoms with E-state index in [1.54, 1.807) is 6.07 Å². The van der Waals surface area contributed by atoms with Gasteiger partial charge in [-0.3, -0.25) is 0 Å². The van der Waals surface area contributed by atoms with Crippen LogP contribution in [-0.4, -0.2) is 4.98 Å². The van der Waals surface area contributed by atoms with Crippen molar-refractivity contribution in [2.45, 2.75) is 0 Å². The van der Waals surface area contributed by atoms with Gasteiger partial charge >= 0.3 is 5.89 Å². The van der Waals surface area contributed by atoms with Crippen molar-refractivity contribution in [3.05, 3.63) is 16.8 Å². The van der Waals surface area contributed by atoms with Crippen molar-refractivity contribution < 1.29 is 4.42 Å². The molecule has 0 N–H and O–H groups in total. The lowest BCUT2D eigenvalue weighted by Gasteiger charge is -1.64. The van der Waals surface area contributed by atoms with Gasteiger partial charge in [-0.15, -0.1) is 0 Å². The average Bonchev–Trinajstić information content (AvgIpc) is 2.14. The summed E-state index contributed by atoms with van der Waals surface area (Å²) in [5, 5.41) is 8.12. The monoisotopic (exact) mass is 172 g/mol. The molecule has 0 fully saturated rings. The maximum atomic E-state index is 8.12. The second-order valence-corrected chi connectivity index (χ2v) is 1.90. The number of rotatable bonds is 0. The van der Waals surface area contributed by atoms with E-state index in [1.807, 2.05) is 0 Å². The van der Waals surface area contributed by atoms with Crippen molar-refractivity contribution in [2.24, 2.45) is 0 Å². The maximum absolute atomic E-state index is 8.12. The predicted molar refractivity (Wildman–Crippen MR) is 28.9 cm³/mol. The van der Waals surface area contributed by atoms with Gasteiger partial charge < -0.3 is 4.42 Å². The van der Waals surface area contributed by atoms with Gasteiger partial charge in [-0.05, 0) is 15.9 Å². The third-order valence-electron chi connectivity index (χ3n) is 0.572. The van der Waals surface area contributed by atoms with Crippen LogP contribution in [0.2, 0.25) is 0 Å². The number of nitrogens with zero attached hydrogens (tertiary/aromatic N) is 2. The van der Waals surface area contributed by atoms with Gasteiger partial charge in [-0.25, -0.2) is 0 Å². The van der Waals surface area contributed by atoms with Gasteiger partial charge in [-0.2, -0.15) is 10.2 Å². The van der Waals surface area contributed by atoms with E-state index in [9.17, 15) is 0 Å². The van der Waals surface area contributed by atoms with E-state index in [4.69, 9.17) is 5.26 Å². The summed E-state index contributed by atoms with van der Waals surface area (Å²) in [7, 11) is 0. The molecule has 1 rings (SSSR count). The van der Waals surface area contributed by atoms with E-state index in [0.717, 1.165) is 0 Å². The van der Waals surface area contributed by atoms with Crippen LogP contribution in [0, 0.1) is 11.3 Å². The predicted octanol–water partition coefficient (Wildman–Crippen LogP) is 1.31. The summed E-state index contributed by atoms with van der Waals surface area (Å²) in [4.78, 5) is 3.62. The maximum Gasteiger partial charge on any atom is 0.301 e. The fraction of sp³-hybridized carbons (Fsp3) is 0. The Kier molecular flexibility index (Phi) is 1.31. The number of hydrogen-bond donors (Lipinski definition) is 0. The zero-order valence-corrected chi connectivity index (χ0v) is 5.34. The van der Waals surface area contributed by atoms with Crippen LogP contribution in [-0.2, 0) is 0 Å². The lowest BCUT2D eigenvalue weighted by molar-refractivity contribution is 0.541. The summed E-state index contributed by atoms with van der Waals surface area (Å²) in [6.45, 7) is 0. The highest BCUT2D eigenvalue weighted by molar-refractivity contribution is 9.10. The first-order valence-electron chi connectivity index (χ1n) is 1.84. The first-order chi connectivity index (χ1) is 3.83. The smallest absolute Gasteiger partial charge is 0.301 e. The Labute approximate surface area is 54.1 Å². The second kappa shape index (κ2) is 1.97. The third-order valence-corrected chi connectivity index (χ3v) is 0.936. The standard InChI is InChI=1S/C4HBrN2O/c5-3-2-8-4(1-6)7-3/h2H. The molecule has 0 radical (unpaired) electrons. The molecule has 8 heavy (non-hydrogen) atoms. The zero-order chi connectivity index (χ0) is 5.98. The zero-order valence-electron chi connectivity index (χ0n) is 3.76. The Morgan fingerprint density at radius 1 is 1.88 bits per heavy atom. The molecule has 1 aromatic rings. The molecule has 0 unspecified atom stereocenters. The third kappa shape index (κ3) is 0.873. The molecule has 0 aliphatic heterocycles. The highest BCUT2D eigenvalue weighted by Gasteiger charge is 1.95. The van der Waals surface area contributed by atoms with Gasteiger partial charge in [0, 0.05) is 0 Å². The van der Waals surface area contributed by atoms with Gasteiger partial charge in [0.15, 0.2) is 6.07 Å². The van der Waals surface area contributed by atoms with Gasteiger partial charge in [0.2, 0.25) is 0 Å². The molecule has 0 aliphatic carbocycles. The highest BCUT2D eigenvalue weighted by Crippen LogP contribution is 2.06. The van der Waals surface area contributed by atoms with Gasteiger partial charge in [0.05, 0.1) is 0 Å². The van der Waals surface area contributed by atoms with Gasteiger partial charge in [-0.1, -0.05) is 0 Å². The lowest BCUT2D eigenvalue weighted by atomic mass is 10.8. The summed E-state index contributed by atoms with van der Waals surface area (Å²) in [6.07, 6.45) is 1.36. The quantitative estimate of drug-likeness (QED) is 0.594. The van der Waals surface area contributed by atoms with Crippen LogP contribution in [0.25, 0.3) is 0 Å². The van der Waals surface area contributed by atoms with E-state index in [1.165, 1.54) is 6.26 Å². The van der Waals surface area contributed by atoms with Crippen molar-refractivity contribution in [3.8, 4) is 6.07 Å². The summed E-state index contributed by atoms with van der Waals surface area (Å²) < 4.78 is 5.14. The second-order valence-electron chi connectivity index (χ2n) is 1.09. The topological polar surface area (TPSA) is 49.8 Å². The van der Waals surface area contributed by atoms with Gasteiger partial charge in [0.1, 0.15) is 10.9 Å². The van der Waals surface area contributed by atoms with Crippen LogP contribution in [0.1, 0.15) is 5.89 Å². The minimum Gasteiger partial charge on any atom is -0.436 e. The van der Waals surface area contributed by atoms with Crippen molar-refractivity contribution in [3.63, 3.8) is 0 Å². The molecule has 40 valence electrons. The molecule has 4 heteroatoms. The molecule has 0 spiro atoms. The molecule has 0 bridgehead atoms. The molecule has 0 saturated heterocycles. The number of oxazole rings is 1. The highest BCUT2D eigenvalue weighted by atomic mass is 79.9. The van der Waals surface area contributed by atoms with Crippen LogP contribution in [0.3, 0.4) is 0 Å². The van der Waals surface area contributed by atoms with Crippen LogP contribution < -0.4 is 0 Å². The lowest BCUT2D eigenvalue weighted by Crippen LogP contribution is -1.66. The number of halogens is 1. The minimum atomic E-state index is 0.0804. The summed E-state index contributed by atoms with van der Waals surface area (Å²) >= 11 is 3.02. The minimum absolute atomic E-state index is 0.0804. The van der Waals surface area contributed by atoms with Crippen LogP contribution in [0.15, 0.2) is 15.3 Å². The number of hydrogen-bond acceptors (Lipinski definition) is 3. The fourth-order valence-electron chi connectivity index (χ4n) is 0.306. The van der Waals surface area contributed by atoms with Crippen molar-refractivity contribution in [1.29, 1.82) is 5.26 Å². The summed E-state index contributed by atoms with van der Waals surface area (Å²) in [5.74, 6) is 0.0804. The largest absolute Gasteiger partial charge is 0.436 e. The van der Waals surface area contributed by atoms with E-state index >= 15 is 0 Å². The Hall–Kier alpha value is -0.820. The summed E-state index contributed by atoms with van der Waals surface area (Å²) in [5.41, 5.74) is 0. The Bertz CT molecular complexity index is 224. The average molecular weight is 173 g/mol. The molecule has 3 nitrogen and oxygen atoms in total. The normalized spacial score (nSPS) is 8.50. The van der Waals surface area contributed by atoms with E-state index < -0.39 is 0 Å². The first kappa shape index (κ1) is 5.32. The summed E-state index contributed by atoms with van der Waals surface area (Å²) in [6, 6.07) is 1.74. The fourth-order valence-corrected chi connectivity index (χ4v) is 0.560. The van der Waals surface area contributed by atoms with Crippen molar-refractivity contribution >= 4 is 15.9 Å². The molecular weight excluding hydrogens is 172 g/mol.